The molecule has 20 heavy (non-hydrogen) atoms. The SMILES string of the molecule is CCC1SCC2C(NC=O)C(=O)N2C1(OC=O)C(=O)O. The molecule has 0 aromatic carbocycles. The second kappa shape index (κ2) is 5.31. The number of thioether (sulfide) groups is 1. The Kier molecular flexibility index (Phi) is 3.89. The number of rotatable bonds is 6. The number of nitrogens with one attached hydrogen (secondary N) is 1. The van der Waals surface area contributed by atoms with Crippen LogP contribution in [0.5, 0.6) is 0 Å². The van der Waals surface area contributed by atoms with Gasteiger partial charge < -0.3 is 15.2 Å². The number of hydrogen-bond acceptors (Lipinski definition) is 6. The Morgan fingerprint density at radius 1 is 1.65 bits per heavy atom. The Bertz CT molecular complexity index is 458. The van der Waals surface area contributed by atoms with Gasteiger partial charge in [0.1, 0.15) is 6.04 Å². The van der Waals surface area contributed by atoms with Crippen LogP contribution in [0.25, 0.3) is 0 Å². The van der Waals surface area contributed by atoms with Gasteiger partial charge in [-0.1, -0.05) is 6.92 Å². The summed E-state index contributed by atoms with van der Waals surface area (Å²) in [6, 6.07) is -1.25. The molecular weight excluding hydrogens is 288 g/mol. The first kappa shape index (κ1) is 14.6. The van der Waals surface area contributed by atoms with Crippen LogP contribution in [0.4, 0.5) is 0 Å². The molecule has 0 radical (unpaired) electrons. The van der Waals surface area contributed by atoms with Crippen molar-refractivity contribution in [3.63, 3.8) is 0 Å². The maximum atomic E-state index is 12.1. The van der Waals surface area contributed by atoms with Crippen LogP contribution in [-0.4, -0.2) is 63.6 Å². The summed E-state index contributed by atoms with van der Waals surface area (Å²) in [4.78, 5) is 46.0. The molecule has 2 amide bonds. The second-order valence-corrected chi connectivity index (χ2v) is 5.72. The number of carboxylic acids is 1. The van der Waals surface area contributed by atoms with Gasteiger partial charge in [0.05, 0.1) is 11.3 Å². The zero-order chi connectivity index (χ0) is 14.9. The molecule has 2 saturated heterocycles. The van der Waals surface area contributed by atoms with E-state index in [1.165, 1.54) is 11.8 Å². The van der Waals surface area contributed by atoms with E-state index in [0.29, 0.717) is 18.6 Å². The van der Waals surface area contributed by atoms with E-state index in [-0.39, 0.29) is 6.47 Å². The Labute approximate surface area is 118 Å². The number of amides is 2. The smallest absolute Gasteiger partial charge is 0.371 e. The molecular formula is C11H14N2O6S. The fraction of sp³-hybridized carbons (Fsp3) is 0.636. The van der Waals surface area contributed by atoms with Crippen molar-refractivity contribution in [2.24, 2.45) is 0 Å². The van der Waals surface area contributed by atoms with Gasteiger partial charge in [-0.05, 0) is 6.42 Å². The number of fused-ring (bicyclic) bond motifs is 1. The summed E-state index contributed by atoms with van der Waals surface area (Å²) >= 11 is 1.32. The zero-order valence-electron chi connectivity index (χ0n) is 10.6. The lowest BCUT2D eigenvalue weighted by atomic mass is 9.89. The molecule has 2 rings (SSSR count). The van der Waals surface area contributed by atoms with Crippen LogP contribution in [-0.2, 0) is 23.9 Å². The van der Waals surface area contributed by atoms with E-state index in [1.54, 1.807) is 6.92 Å². The van der Waals surface area contributed by atoms with Crippen molar-refractivity contribution in [1.82, 2.24) is 10.2 Å². The minimum Gasteiger partial charge on any atom is -0.477 e. The highest BCUT2D eigenvalue weighted by Crippen LogP contribution is 2.45. The normalized spacial score (nSPS) is 35.5. The Balaban J connectivity index is 2.39. The van der Waals surface area contributed by atoms with Crippen molar-refractivity contribution < 1.29 is 29.0 Å². The number of carbonyl (C=O) groups excluding carboxylic acids is 3. The Hall–Kier alpha value is -1.77. The van der Waals surface area contributed by atoms with Crippen LogP contribution in [0.1, 0.15) is 13.3 Å². The van der Waals surface area contributed by atoms with Gasteiger partial charge in [-0.25, -0.2) is 4.79 Å². The topological polar surface area (TPSA) is 113 Å². The van der Waals surface area contributed by atoms with Crippen LogP contribution < -0.4 is 5.32 Å². The molecule has 2 heterocycles. The largest absolute Gasteiger partial charge is 0.477 e. The molecule has 2 N–H and O–H groups in total. The highest BCUT2D eigenvalue weighted by atomic mass is 32.2. The maximum Gasteiger partial charge on any atom is 0.371 e. The zero-order valence-corrected chi connectivity index (χ0v) is 11.5. The standard InChI is InChI=1S/C11H14N2O6S/c1-2-7-11(10(17)18,19-5-15)13-6(3-20-7)8(9(13)16)12-4-14/h4-8H,2-3H2,1H3,(H,12,14)(H,17,18). The van der Waals surface area contributed by atoms with Gasteiger partial charge in [0, 0.05) is 5.75 Å². The van der Waals surface area contributed by atoms with Crippen LogP contribution >= 0.6 is 11.8 Å². The summed E-state index contributed by atoms with van der Waals surface area (Å²) in [5.74, 6) is -1.45. The number of β-lactam (4-membered cyclic amide) rings is 1. The van der Waals surface area contributed by atoms with E-state index in [9.17, 15) is 24.3 Å². The molecule has 2 fully saturated rings. The molecule has 0 saturated carbocycles. The molecule has 0 spiro atoms. The molecule has 8 nitrogen and oxygen atoms in total. The van der Waals surface area contributed by atoms with E-state index >= 15 is 0 Å². The maximum absolute atomic E-state index is 12.1. The van der Waals surface area contributed by atoms with Gasteiger partial charge in [0.25, 0.3) is 18.1 Å². The lowest BCUT2D eigenvalue weighted by Crippen LogP contribution is -2.83. The summed E-state index contributed by atoms with van der Waals surface area (Å²) < 4.78 is 4.85. The van der Waals surface area contributed by atoms with Gasteiger partial charge in [0.15, 0.2) is 0 Å². The number of aliphatic carboxylic acids is 1. The Morgan fingerprint density at radius 2 is 2.35 bits per heavy atom. The van der Waals surface area contributed by atoms with Crippen LogP contribution in [0.2, 0.25) is 0 Å². The number of carboxylic acid groups (broad SMARTS) is 1. The van der Waals surface area contributed by atoms with E-state index in [0.717, 1.165) is 4.90 Å². The van der Waals surface area contributed by atoms with Crippen molar-refractivity contribution in [2.45, 2.75) is 36.4 Å². The average Bonchev–Trinajstić information content (AvgIpc) is 2.43. The number of carbonyl (C=O) groups is 4. The van der Waals surface area contributed by atoms with Gasteiger partial charge >= 0.3 is 5.97 Å². The van der Waals surface area contributed by atoms with E-state index in [4.69, 9.17) is 4.74 Å². The van der Waals surface area contributed by atoms with Crippen molar-refractivity contribution in [3.8, 4) is 0 Å². The first-order valence-electron chi connectivity index (χ1n) is 6.03. The average molecular weight is 302 g/mol. The molecule has 9 heteroatoms. The molecule has 0 aromatic heterocycles. The molecule has 110 valence electrons. The predicted octanol–water partition coefficient (Wildman–Crippen LogP) is -1.21. The molecule has 2 aliphatic heterocycles. The lowest BCUT2D eigenvalue weighted by molar-refractivity contribution is -0.219. The third-order valence-electron chi connectivity index (χ3n) is 3.63. The number of hydrogen-bond donors (Lipinski definition) is 2. The highest BCUT2D eigenvalue weighted by Gasteiger charge is 2.67. The summed E-state index contributed by atoms with van der Waals surface area (Å²) in [5, 5.41) is 11.3. The molecule has 2 aliphatic rings. The molecule has 0 aliphatic carbocycles. The van der Waals surface area contributed by atoms with Crippen molar-refractivity contribution in [2.75, 3.05) is 5.75 Å². The predicted molar refractivity (Wildman–Crippen MR) is 67.7 cm³/mol. The molecule has 0 bridgehead atoms. The fourth-order valence-corrected chi connectivity index (χ4v) is 4.26. The first-order chi connectivity index (χ1) is 9.54. The van der Waals surface area contributed by atoms with Gasteiger partial charge in [-0.3, -0.25) is 19.3 Å². The third-order valence-corrected chi connectivity index (χ3v) is 5.22. The molecule has 4 atom stereocenters. The third kappa shape index (κ3) is 1.76. The van der Waals surface area contributed by atoms with Gasteiger partial charge in [-0.15, -0.1) is 11.8 Å². The minimum atomic E-state index is -2.00. The summed E-state index contributed by atoms with van der Waals surface area (Å²) in [6.07, 6.45) is 0.826. The quantitative estimate of drug-likeness (QED) is 0.467. The lowest BCUT2D eigenvalue weighted by Gasteiger charge is -2.58. The van der Waals surface area contributed by atoms with E-state index in [2.05, 4.69) is 5.32 Å². The van der Waals surface area contributed by atoms with E-state index in [1.807, 2.05) is 0 Å². The first-order valence-corrected chi connectivity index (χ1v) is 7.08. The highest BCUT2D eigenvalue weighted by molar-refractivity contribution is 8.00. The van der Waals surface area contributed by atoms with Crippen LogP contribution in [0.3, 0.4) is 0 Å². The monoisotopic (exact) mass is 302 g/mol. The summed E-state index contributed by atoms with van der Waals surface area (Å²) in [6.45, 7) is 1.81. The number of ether oxygens (including phenoxy) is 1. The van der Waals surface area contributed by atoms with E-state index < -0.39 is 34.9 Å². The molecule has 0 aromatic rings. The Morgan fingerprint density at radius 3 is 2.85 bits per heavy atom. The molecule has 4 unspecified atom stereocenters. The van der Waals surface area contributed by atoms with Gasteiger partial charge in [0.2, 0.25) is 6.41 Å². The van der Waals surface area contributed by atoms with Crippen molar-refractivity contribution in [1.29, 1.82) is 0 Å². The van der Waals surface area contributed by atoms with Crippen molar-refractivity contribution in [3.05, 3.63) is 0 Å². The fourth-order valence-electron chi connectivity index (χ4n) is 2.76. The van der Waals surface area contributed by atoms with Gasteiger partial charge in [-0.2, -0.15) is 0 Å². The summed E-state index contributed by atoms with van der Waals surface area (Å²) in [5.41, 5.74) is -2.00. The summed E-state index contributed by atoms with van der Waals surface area (Å²) in [7, 11) is 0. The van der Waals surface area contributed by atoms with Crippen molar-refractivity contribution >= 4 is 36.5 Å². The second-order valence-electron chi connectivity index (χ2n) is 4.48. The van der Waals surface area contributed by atoms with Crippen LogP contribution in [0.15, 0.2) is 0 Å². The van der Waals surface area contributed by atoms with Crippen LogP contribution in [0, 0.1) is 0 Å². The number of nitrogens with zero attached hydrogens (tertiary/aromatic N) is 1. The minimum absolute atomic E-state index is 0.0491.